The minimum Gasteiger partial charge on any atom is -0.478 e. The van der Waals surface area contributed by atoms with Crippen LogP contribution in [0.3, 0.4) is 0 Å². The number of nitrogen functional groups attached to an aromatic ring is 2. The van der Waals surface area contributed by atoms with Crippen molar-refractivity contribution in [1.82, 2.24) is 0 Å². The van der Waals surface area contributed by atoms with Gasteiger partial charge in [-0.1, -0.05) is 13.0 Å². The van der Waals surface area contributed by atoms with Crippen LogP contribution in [0.1, 0.15) is 50.7 Å². The van der Waals surface area contributed by atoms with Crippen molar-refractivity contribution in [3.8, 4) is 11.5 Å². The van der Waals surface area contributed by atoms with Crippen molar-refractivity contribution in [2.75, 3.05) is 20.8 Å². The summed E-state index contributed by atoms with van der Waals surface area (Å²) in [5.41, 5.74) is 11.1. The van der Waals surface area contributed by atoms with Crippen LogP contribution in [0.4, 0.5) is 26.3 Å². The Bertz CT molecular complexity index is 2370. The molecule has 0 amide bonds. The number of thiophene rings is 3. The number of aliphatic carboxylic acids is 2. The molecule has 8 N–H and O–H groups in total. The fraction of sp³-hybridized carbons (Fsp3) is 0.270. The molecule has 5 aromatic rings. The molecule has 3 aromatic heterocycles. The molecule has 0 aliphatic rings. The van der Waals surface area contributed by atoms with Gasteiger partial charge in [0, 0.05) is 14.8 Å². The Balaban J connectivity index is 0.000000336. The third kappa shape index (κ3) is 15.2. The van der Waals surface area contributed by atoms with Gasteiger partial charge in [-0.3, -0.25) is 10.8 Å². The molecule has 2 atom stereocenters. The Morgan fingerprint density at radius 3 is 1.77 bits per heavy atom. The second-order valence-corrected chi connectivity index (χ2v) is 14.8. The molecule has 62 heavy (non-hydrogen) atoms. The van der Waals surface area contributed by atoms with Gasteiger partial charge in [-0.05, 0) is 73.3 Å². The normalized spacial score (nSPS) is 11.8. The summed E-state index contributed by atoms with van der Waals surface area (Å²) in [6, 6.07) is 17.8. The van der Waals surface area contributed by atoms with E-state index in [1.807, 2.05) is 37.3 Å². The monoisotopic (exact) mass is 938 g/mol. The smallest absolute Gasteiger partial charge is 0.478 e. The standard InChI is InChI=1S/C19H18N2O5S2.C14H16N2O3S.2C2HF3O2/c1-3-25-19(23)16(12-6-7-13(27-12)18(22)24-2)26-11-5-4-10-8-15(17(20)21)28-14(10)9-11;1-3-9(14(17)18-2)19-10-5-4-6-11-8(10)7-12(20-11)13(15)16;2*3-2(4,5)1(6)7/h4-9,16H,3H2,1-2H3,(H3,20,21);4-7,9H,3H2,1-2H3,(H3,15,16);2*(H,6,7). The highest BCUT2D eigenvalue weighted by Crippen LogP contribution is 2.35. The van der Waals surface area contributed by atoms with Crippen LogP contribution >= 0.6 is 34.0 Å². The number of benzene rings is 2. The van der Waals surface area contributed by atoms with Gasteiger partial charge in [-0.15, -0.1) is 34.0 Å². The maximum Gasteiger partial charge on any atom is 0.490 e. The molecule has 25 heteroatoms. The van der Waals surface area contributed by atoms with Gasteiger partial charge in [0.1, 0.15) is 28.0 Å². The topological polar surface area (TPSA) is 272 Å². The second kappa shape index (κ2) is 22.9. The van der Waals surface area contributed by atoms with E-state index in [0.717, 1.165) is 31.5 Å². The molecular formula is C37H36F6N4O12S3. The number of hydrogen-bond donors (Lipinski definition) is 6. The molecule has 0 saturated heterocycles. The van der Waals surface area contributed by atoms with Crippen molar-refractivity contribution < 1.29 is 84.2 Å². The van der Waals surface area contributed by atoms with Crippen LogP contribution in [0.15, 0.2) is 60.7 Å². The van der Waals surface area contributed by atoms with Crippen molar-refractivity contribution >= 4 is 95.7 Å². The summed E-state index contributed by atoms with van der Waals surface area (Å²) in [6.45, 7) is 3.78. The van der Waals surface area contributed by atoms with Crippen molar-refractivity contribution in [2.45, 2.75) is 44.8 Å². The zero-order chi connectivity index (χ0) is 47.1. The summed E-state index contributed by atoms with van der Waals surface area (Å²) in [7, 11) is 2.64. The molecule has 0 fully saturated rings. The SMILES string of the molecule is CCC(Oc1cccc2sc(C(=N)N)cc12)C(=O)OC.CCOC(=O)C(Oc1ccc2cc(C(=N)N)sc2c1)c1ccc(C(=O)OC)s1.O=C(O)C(F)(F)F.O=C(O)C(F)(F)F. The van der Waals surface area contributed by atoms with E-state index in [9.17, 15) is 40.7 Å². The van der Waals surface area contributed by atoms with Gasteiger partial charge in [-0.2, -0.15) is 26.3 Å². The highest BCUT2D eigenvalue weighted by Gasteiger charge is 2.39. The Hall–Kier alpha value is -6.47. The van der Waals surface area contributed by atoms with Crippen molar-refractivity contribution in [3.63, 3.8) is 0 Å². The predicted octanol–water partition coefficient (Wildman–Crippen LogP) is 7.50. The number of fused-ring (bicyclic) bond motifs is 2. The number of nitrogens with one attached hydrogen (secondary N) is 2. The average molecular weight is 939 g/mol. The van der Waals surface area contributed by atoms with E-state index in [0.29, 0.717) is 37.4 Å². The van der Waals surface area contributed by atoms with Gasteiger partial charge in [0.2, 0.25) is 6.10 Å². The number of carboxylic acid groups (broad SMARTS) is 2. The summed E-state index contributed by atoms with van der Waals surface area (Å²) in [6.07, 6.45) is -11.3. The number of hydrogen-bond acceptors (Lipinski definition) is 15. The number of methoxy groups -OCH3 is 2. The van der Waals surface area contributed by atoms with Crippen LogP contribution in [0.2, 0.25) is 0 Å². The summed E-state index contributed by atoms with van der Waals surface area (Å²) in [4.78, 5) is 55.8. The molecule has 0 saturated carbocycles. The lowest BCUT2D eigenvalue weighted by Crippen LogP contribution is -2.27. The van der Waals surface area contributed by atoms with Crippen molar-refractivity contribution in [3.05, 3.63) is 80.2 Å². The Morgan fingerprint density at radius 1 is 0.710 bits per heavy atom. The summed E-state index contributed by atoms with van der Waals surface area (Å²) in [5, 5.41) is 31.1. The number of rotatable bonds is 12. The Labute approximate surface area is 358 Å². The minimum absolute atomic E-state index is 0.00185. The fourth-order valence-corrected chi connectivity index (χ4v) is 7.19. The molecular weight excluding hydrogens is 903 g/mol. The lowest BCUT2D eigenvalue weighted by atomic mass is 10.2. The van der Waals surface area contributed by atoms with Crippen LogP contribution in [0.25, 0.3) is 20.2 Å². The van der Waals surface area contributed by atoms with E-state index in [-0.39, 0.29) is 18.3 Å². The number of nitrogens with two attached hydrogens (primary N) is 2. The lowest BCUT2D eigenvalue weighted by molar-refractivity contribution is -0.193. The first kappa shape index (κ1) is 51.7. The third-order valence-corrected chi connectivity index (χ3v) is 10.5. The van der Waals surface area contributed by atoms with E-state index in [1.165, 1.54) is 36.9 Å². The first-order valence-corrected chi connectivity index (χ1v) is 19.4. The quantitative estimate of drug-likeness (QED) is 0.0233. The molecule has 5 rings (SSSR count). The number of alkyl halides is 6. The largest absolute Gasteiger partial charge is 0.490 e. The number of carbonyl (C=O) groups is 5. The number of esters is 3. The Morgan fingerprint density at radius 2 is 1.27 bits per heavy atom. The lowest BCUT2D eigenvalue weighted by Gasteiger charge is -2.16. The highest BCUT2D eigenvalue weighted by molar-refractivity contribution is 7.21. The van der Waals surface area contributed by atoms with Crippen LogP contribution in [-0.4, -0.2) is 91.0 Å². The van der Waals surface area contributed by atoms with Gasteiger partial charge < -0.3 is 45.4 Å². The molecule has 0 aliphatic carbocycles. The molecule has 0 bridgehead atoms. The maximum atomic E-state index is 12.5. The zero-order valence-corrected chi connectivity index (χ0v) is 34.9. The van der Waals surface area contributed by atoms with Gasteiger partial charge >= 0.3 is 42.2 Å². The molecule has 2 unspecified atom stereocenters. The van der Waals surface area contributed by atoms with Gasteiger partial charge in [0.05, 0.1) is 35.5 Å². The van der Waals surface area contributed by atoms with E-state index in [2.05, 4.69) is 0 Å². The van der Waals surface area contributed by atoms with Gasteiger partial charge in [-0.25, -0.2) is 24.0 Å². The summed E-state index contributed by atoms with van der Waals surface area (Å²) < 4.78 is 91.6. The molecule has 16 nitrogen and oxygen atoms in total. The fourth-order valence-electron chi connectivity index (χ4n) is 4.35. The van der Waals surface area contributed by atoms with E-state index < -0.39 is 54.4 Å². The number of carbonyl (C=O) groups excluding carboxylic acids is 3. The average Bonchev–Trinajstić information content (AvgIpc) is 3.98. The molecule has 2 aromatic carbocycles. The molecule has 3 heterocycles. The van der Waals surface area contributed by atoms with E-state index in [4.69, 9.17) is 65.8 Å². The summed E-state index contributed by atoms with van der Waals surface area (Å²) in [5.74, 6) is -5.84. The molecule has 0 spiro atoms. The van der Waals surface area contributed by atoms with Gasteiger partial charge in [0.25, 0.3) is 0 Å². The van der Waals surface area contributed by atoms with Crippen LogP contribution in [0, 0.1) is 10.8 Å². The van der Waals surface area contributed by atoms with Crippen LogP contribution < -0.4 is 20.9 Å². The van der Waals surface area contributed by atoms with E-state index in [1.54, 1.807) is 37.3 Å². The first-order chi connectivity index (χ1) is 28.9. The molecule has 0 aliphatic heterocycles. The maximum absolute atomic E-state index is 12.5. The predicted molar refractivity (Wildman–Crippen MR) is 215 cm³/mol. The number of carboxylic acids is 2. The highest BCUT2D eigenvalue weighted by atomic mass is 32.1. The number of halogens is 6. The van der Waals surface area contributed by atoms with Gasteiger partial charge in [0.15, 0.2) is 6.10 Å². The first-order valence-electron chi connectivity index (χ1n) is 17.0. The molecule has 0 radical (unpaired) electrons. The number of ether oxygens (including phenoxy) is 5. The van der Waals surface area contributed by atoms with Crippen molar-refractivity contribution in [1.29, 1.82) is 10.8 Å². The second-order valence-electron chi connectivity index (χ2n) is 11.5. The van der Waals surface area contributed by atoms with Crippen LogP contribution in [0.5, 0.6) is 11.5 Å². The zero-order valence-electron chi connectivity index (χ0n) is 32.5. The third-order valence-electron chi connectivity index (χ3n) is 7.16. The minimum atomic E-state index is -5.08. The molecule has 336 valence electrons. The van der Waals surface area contributed by atoms with Crippen LogP contribution in [-0.2, 0) is 33.4 Å². The number of amidine groups is 2. The Kier molecular flexibility index (Phi) is 19.1. The van der Waals surface area contributed by atoms with Crippen molar-refractivity contribution in [2.24, 2.45) is 11.5 Å². The van der Waals surface area contributed by atoms with E-state index >= 15 is 0 Å². The summed E-state index contributed by atoms with van der Waals surface area (Å²) >= 11 is 3.91.